The Balaban J connectivity index is 1.53. The van der Waals surface area contributed by atoms with E-state index >= 15 is 0 Å². The molecule has 140 valence electrons. The number of rotatable bonds is 5. The largest absolute Gasteiger partial charge is 0.373 e. The van der Waals surface area contributed by atoms with Crippen LogP contribution < -0.4 is 5.32 Å². The van der Waals surface area contributed by atoms with Crippen molar-refractivity contribution in [3.63, 3.8) is 0 Å². The molecule has 0 radical (unpaired) electrons. The molecule has 1 aliphatic rings. The molecule has 1 aromatic heterocycles. The molecule has 2 aromatic rings. The summed E-state index contributed by atoms with van der Waals surface area (Å²) in [6.07, 6.45) is 2.17. The lowest BCUT2D eigenvalue weighted by Gasteiger charge is -2.35. The summed E-state index contributed by atoms with van der Waals surface area (Å²) in [7, 11) is 1.83. The first-order chi connectivity index (χ1) is 12.4. The number of ether oxygens (including phenoxy) is 1. The Morgan fingerprint density at radius 2 is 1.81 bits per heavy atom. The van der Waals surface area contributed by atoms with E-state index in [9.17, 15) is 4.79 Å². The fourth-order valence-electron chi connectivity index (χ4n) is 3.43. The van der Waals surface area contributed by atoms with Crippen molar-refractivity contribution in [1.29, 1.82) is 0 Å². The van der Waals surface area contributed by atoms with Gasteiger partial charge < -0.3 is 10.1 Å². The van der Waals surface area contributed by atoms with Gasteiger partial charge in [-0.3, -0.25) is 14.4 Å². The summed E-state index contributed by atoms with van der Waals surface area (Å²) in [5, 5.41) is 7.07. The van der Waals surface area contributed by atoms with Gasteiger partial charge in [0.1, 0.15) is 0 Å². The number of aromatic nitrogens is 2. The second kappa shape index (κ2) is 8.01. The molecule has 3 rings (SSSR count). The molecule has 1 N–H and O–H groups in total. The molecule has 1 aliphatic heterocycles. The van der Waals surface area contributed by atoms with Crippen LogP contribution in [0.5, 0.6) is 0 Å². The van der Waals surface area contributed by atoms with E-state index in [1.54, 1.807) is 10.9 Å². The van der Waals surface area contributed by atoms with Gasteiger partial charge in [0.2, 0.25) is 0 Å². The molecule has 0 spiro atoms. The van der Waals surface area contributed by atoms with E-state index in [0.717, 1.165) is 30.9 Å². The Morgan fingerprint density at radius 1 is 1.19 bits per heavy atom. The van der Waals surface area contributed by atoms with Gasteiger partial charge in [0.25, 0.3) is 5.91 Å². The average Bonchev–Trinajstić information content (AvgIpc) is 2.92. The molecule has 2 unspecified atom stereocenters. The van der Waals surface area contributed by atoms with Crippen LogP contribution in [0.15, 0.2) is 30.5 Å². The first-order valence-electron chi connectivity index (χ1n) is 9.15. The van der Waals surface area contributed by atoms with Crippen molar-refractivity contribution in [2.24, 2.45) is 7.05 Å². The number of hydrogen-bond donors (Lipinski definition) is 1. The third-order valence-electron chi connectivity index (χ3n) is 4.86. The maximum Gasteiger partial charge on any atom is 0.255 e. The predicted molar refractivity (Wildman–Crippen MR) is 101 cm³/mol. The molecule has 1 saturated heterocycles. The van der Waals surface area contributed by atoms with Gasteiger partial charge in [0, 0.05) is 38.9 Å². The summed E-state index contributed by atoms with van der Waals surface area (Å²) in [6.45, 7) is 9.51. The minimum atomic E-state index is -0.0871. The van der Waals surface area contributed by atoms with Crippen LogP contribution in [0.4, 0.5) is 0 Å². The molecule has 2 atom stereocenters. The Labute approximate surface area is 155 Å². The third-order valence-corrected chi connectivity index (χ3v) is 4.86. The third kappa shape index (κ3) is 4.51. The number of benzene rings is 1. The van der Waals surface area contributed by atoms with Crippen LogP contribution in [-0.2, 0) is 24.9 Å². The Kier molecular flexibility index (Phi) is 5.74. The molecule has 6 nitrogen and oxygen atoms in total. The number of morpholine rings is 1. The number of amides is 1. The molecule has 0 bridgehead atoms. The fourth-order valence-corrected chi connectivity index (χ4v) is 3.43. The highest BCUT2D eigenvalue weighted by Crippen LogP contribution is 2.15. The summed E-state index contributed by atoms with van der Waals surface area (Å²) >= 11 is 0. The highest BCUT2D eigenvalue weighted by atomic mass is 16.5. The van der Waals surface area contributed by atoms with E-state index in [-0.39, 0.29) is 18.1 Å². The molecule has 26 heavy (non-hydrogen) atoms. The number of carbonyl (C=O) groups excluding carboxylic acids is 1. The number of nitrogens with one attached hydrogen (secondary N) is 1. The standard InChI is InChI=1S/C20H28N4O2/c1-14-11-24(12-15(2)26-14)13-18-7-5-17(6-8-18)9-21-20(25)19-10-22-23(4)16(19)3/h5-8,10,14-15H,9,11-13H2,1-4H3,(H,21,25). The molecule has 0 aliphatic carbocycles. The van der Waals surface area contributed by atoms with Crippen molar-refractivity contribution >= 4 is 5.91 Å². The average molecular weight is 356 g/mol. The van der Waals surface area contributed by atoms with Crippen LogP contribution in [-0.4, -0.2) is 45.9 Å². The number of carbonyl (C=O) groups is 1. The second-order valence-electron chi connectivity index (χ2n) is 7.22. The first-order valence-corrected chi connectivity index (χ1v) is 9.15. The van der Waals surface area contributed by atoms with Gasteiger partial charge in [-0.2, -0.15) is 5.10 Å². The van der Waals surface area contributed by atoms with Crippen molar-refractivity contribution in [1.82, 2.24) is 20.0 Å². The van der Waals surface area contributed by atoms with Crippen LogP contribution in [0, 0.1) is 6.92 Å². The van der Waals surface area contributed by atoms with E-state index in [4.69, 9.17) is 4.74 Å². The first kappa shape index (κ1) is 18.6. The lowest BCUT2D eigenvalue weighted by atomic mass is 10.1. The Morgan fingerprint density at radius 3 is 2.38 bits per heavy atom. The zero-order chi connectivity index (χ0) is 18.7. The molecule has 1 aromatic carbocycles. The molecule has 1 fully saturated rings. The second-order valence-corrected chi connectivity index (χ2v) is 7.22. The number of aryl methyl sites for hydroxylation is 1. The van der Waals surface area contributed by atoms with Gasteiger partial charge in [0.05, 0.1) is 24.0 Å². The lowest BCUT2D eigenvalue weighted by molar-refractivity contribution is -0.0704. The van der Waals surface area contributed by atoms with Crippen molar-refractivity contribution < 1.29 is 9.53 Å². The monoisotopic (exact) mass is 356 g/mol. The summed E-state index contributed by atoms with van der Waals surface area (Å²) in [6, 6.07) is 8.45. The van der Waals surface area contributed by atoms with E-state index in [1.165, 1.54) is 5.56 Å². The Bertz CT molecular complexity index is 744. The number of nitrogens with zero attached hydrogens (tertiary/aromatic N) is 3. The van der Waals surface area contributed by atoms with Crippen LogP contribution in [0.3, 0.4) is 0 Å². The minimum Gasteiger partial charge on any atom is -0.373 e. The molecule has 0 saturated carbocycles. The van der Waals surface area contributed by atoms with Gasteiger partial charge in [-0.1, -0.05) is 24.3 Å². The van der Waals surface area contributed by atoms with Crippen LogP contribution in [0.1, 0.15) is 41.0 Å². The van der Waals surface area contributed by atoms with E-state index in [2.05, 4.69) is 53.4 Å². The Hall–Kier alpha value is -2.18. The topological polar surface area (TPSA) is 59.4 Å². The van der Waals surface area contributed by atoms with E-state index < -0.39 is 0 Å². The van der Waals surface area contributed by atoms with Crippen LogP contribution in [0.2, 0.25) is 0 Å². The summed E-state index contributed by atoms with van der Waals surface area (Å²) in [4.78, 5) is 14.7. The van der Waals surface area contributed by atoms with Crippen molar-refractivity contribution in [3.8, 4) is 0 Å². The zero-order valence-corrected chi connectivity index (χ0v) is 16.0. The van der Waals surface area contributed by atoms with Crippen LogP contribution in [0.25, 0.3) is 0 Å². The minimum absolute atomic E-state index is 0.0871. The quantitative estimate of drug-likeness (QED) is 0.893. The fraction of sp³-hybridized carbons (Fsp3) is 0.500. The normalized spacial score (nSPS) is 20.9. The molecular formula is C20H28N4O2. The molecular weight excluding hydrogens is 328 g/mol. The van der Waals surface area contributed by atoms with Crippen molar-refractivity contribution in [2.75, 3.05) is 13.1 Å². The van der Waals surface area contributed by atoms with Gasteiger partial charge in [-0.25, -0.2) is 0 Å². The highest BCUT2D eigenvalue weighted by molar-refractivity contribution is 5.94. The molecule has 6 heteroatoms. The van der Waals surface area contributed by atoms with Gasteiger partial charge >= 0.3 is 0 Å². The van der Waals surface area contributed by atoms with Crippen molar-refractivity contribution in [2.45, 2.75) is 46.1 Å². The highest BCUT2D eigenvalue weighted by Gasteiger charge is 2.22. The number of hydrogen-bond acceptors (Lipinski definition) is 4. The predicted octanol–water partition coefficient (Wildman–Crippen LogP) is 2.27. The summed E-state index contributed by atoms with van der Waals surface area (Å²) in [5.41, 5.74) is 3.86. The van der Waals surface area contributed by atoms with Gasteiger partial charge in [-0.05, 0) is 31.9 Å². The molecule has 2 heterocycles. The maximum atomic E-state index is 12.3. The summed E-state index contributed by atoms with van der Waals surface area (Å²) in [5.74, 6) is -0.0871. The van der Waals surface area contributed by atoms with Gasteiger partial charge in [-0.15, -0.1) is 0 Å². The van der Waals surface area contributed by atoms with Crippen LogP contribution >= 0.6 is 0 Å². The molecule has 1 amide bonds. The van der Waals surface area contributed by atoms with Gasteiger partial charge in [0.15, 0.2) is 0 Å². The summed E-state index contributed by atoms with van der Waals surface area (Å²) < 4.78 is 7.49. The SMILES string of the molecule is Cc1c(C(=O)NCc2ccc(CN3CC(C)OC(C)C3)cc2)cnn1C. The van der Waals surface area contributed by atoms with E-state index in [0.29, 0.717) is 12.1 Å². The zero-order valence-electron chi connectivity index (χ0n) is 16.0. The maximum absolute atomic E-state index is 12.3. The van der Waals surface area contributed by atoms with E-state index in [1.807, 2.05) is 14.0 Å². The smallest absolute Gasteiger partial charge is 0.255 e. The lowest BCUT2D eigenvalue weighted by Crippen LogP contribution is -2.44. The van der Waals surface area contributed by atoms with Crippen molar-refractivity contribution in [3.05, 3.63) is 52.8 Å².